The van der Waals surface area contributed by atoms with E-state index < -0.39 is 30.4 Å². The third kappa shape index (κ3) is 4.70. The van der Waals surface area contributed by atoms with Crippen molar-refractivity contribution in [3.8, 4) is 0 Å². The lowest BCUT2D eigenvalue weighted by Crippen LogP contribution is -2.53. The first-order valence-electron chi connectivity index (χ1n) is 4.04. The zero-order chi connectivity index (χ0) is 12.1. The van der Waals surface area contributed by atoms with Crippen LogP contribution in [0.3, 0.4) is 0 Å². The molecule has 15 heavy (non-hydrogen) atoms. The van der Waals surface area contributed by atoms with Crippen LogP contribution < -0.4 is 5.32 Å². The van der Waals surface area contributed by atoms with Crippen LogP contribution in [-0.4, -0.2) is 62.5 Å². The number of aliphatic hydroxyl groups excluding tert-OH is 2. The highest BCUT2D eigenvalue weighted by molar-refractivity contribution is 5.82. The topological polar surface area (TPSA) is 147 Å². The fraction of sp³-hybridized carbons (Fsp3) is 0.714. The lowest BCUT2D eigenvalue weighted by Gasteiger charge is -2.23. The number of aliphatic carboxylic acids is 1. The van der Waals surface area contributed by atoms with Gasteiger partial charge in [-0.15, -0.1) is 0 Å². The van der Waals surface area contributed by atoms with Crippen LogP contribution in [0.2, 0.25) is 0 Å². The van der Waals surface area contributed by atoms with Crippen molar-refractivity contribution in [1.29, 1.82) is 0 Å². The van der Waals surface area contributed by atoms with Gasteiger partial charge in [0.1, 0.15) is 6.61 Å². The molecule has 0 aromatic heterocycles. The molecule has 0 aliphatic carbocycles. The van der Waals surface area contributed by atoms with Gasteiger partial charge in [-0.1, -0.05) is 0 Å². The third-order valence-electron chi connectivity index (χ3n) is 1.56. The fourth-order valence-electron chi connectivity index (χ4n) is 0.686. The van der Waals surface area contributed by atoms with Crippen molar-refractivity contribution < 1.29 is 35.1 Å². The molecule has 0 radical (unpaired) electrons. The Kier molecular flexibility index (Phi) is 5.15. The molecule has 0 fully saturated rings. The van der Waals surface area contributed by atoms with E-state index in [0.717, 1.165) is 0 Å². The van der Waals surface area contributed by atoms with Crippen LogP contribution in [0.1, 0.15) is 6.42 Å². The first-order chi connectivity index (χ1) is 6.81. The van der Waals surface area contributed by atoms with Crippen molar-refractivity contribution >= 4 is 11.9 Å². The predicted octanol–water partition coefficient (Wildman–Crippen LogP) is -3.39. The standard InChI is InChI=1S/C7H13NO7/c9-3-7(14,15)5(12)6(13)8-2-1-4(10)11/h5,9,12,14-15H,1-3H2,(H,8,13)(H,10,11)/t5-/m0/s1. The monoisotopic (exact) mass is 223 g/mol. The van der Waals surface area contributed by atoms with E-state index in [0.29, 0.717) is 0 Å². The van der Waals surface area contributed by atoms with Gasteiger partial charge in [-0.25, -0.2) is 0 Å². The quantitative estimate of drug-likeness (QED) is 0.257. The van der Waals surface area contributed by atoms with Gasteiger partial charge in [0.25, 0.3) is 5.91 Å². The largest absolute Gasteiger partial charge is 0.481 e. The van der Waals surface area contributed by atoms with Crippen molar-refractivity contribution in [2.45, 2.75) is 18.3 Å². The second-order valence-electron chi connectivity index (χ2n) is 2.87. The zero-order valence-electron chi connectivity index (χ0n) is 7.75. The molecule has 0 aromatic rings. The van der Waals surface area contributed by atoms with Gasteiger partial charge in [0.2, 0.25) is 5.79 Å². The SMILES string of the molecule is O=C(O)CCNC(=O)[C@H](O)C(O)(O)CO. The van der Waals surface area contributed by atoms with Crippen LogP contribution in [0.5, 0.6) is 0 Å². The van der Waals surface area contributed by atoms with Crippen molar-refractivity contribution in [3.63, 3.8) is 0 Å². The van der Waals surface area contributed by atoms with Crippen molar-refractivity contribution in [1.82, 2.24) is 5.32 Å². The Morgan fingerprint density at radius 2 is 1.87 bits per heavy atom. The van der Waals surface area contributed by atoms with Crippen LogP contribution >= 0.6 is 0 Å². The molecule has 0 saturated heterocycles. The third-order valence-corrected chi connectivity index (χ3v) is 1.56. The zero-order valence-corrected chi connectivity index (χ0v) is 7.75. The molecular formula is C7H13NO7. The van der Waals surface area contributed by atoms with Crippen LogP contribution in [0.25, 0.3) is 0 Å². The number of hydrogen-bond donors (Lipinski definition) is 6. The van der Waals surface area contributed by atoms with E-state index in [1.807, 2.05) is 5.32 Å². The van der Waals surface area contributed by atoms with E-state index in [-0.39, 0.29) is 13.0 Å². The van der Waals surface area contributed by atoms with E-state index in [9.17, 15) is 9.59 Å². The molecule has 0 heterocycles. The Hall–Kier alpha value is -1.22. The molecule has 6 N–H and O–H groups in total. The lowest BCUT2D eigenvalue weighted by atomic mass is 10.1. The summed E-state index contributed by atoms with van der Waals surface area (Å²) in [7, 11) is 0. The van der Waals surface area contributed by atoms with Gasteiger partial charge in [-0.3, -0.25) is 9.59 Å². The Bertz CT molecular complexity index is 239. The number of carbonyl (C=O) groups excluding carboxylic acids is 1. The summed E-state index contributed by atoms with van der Waals surface area (Å²) >= 11 is 0. The Morgan fingerprint density at radius 3 is 2.27 bits per heavy atom. The summed E-state index contributed by atoms with van der Waals surface area (Å²) in [6.45, 7) is -1.48. The number of nitrogens with one attached hydrogen (secondary N) is 1. The minimum absolute atomic E-state index is 0.257. The predicted molar refractivity (Wildman–Crippen MR) is 45.5 cm³/mol. The first-order valence-corrected chi connectivity index (χ1v) is 4.04. The van der Waals surface area contributed by atoms with Crippen LogP contribution in [-0.2, 0) is 9.59 Å². The Balaban J connectivity index is 4.05. The van der Waals surface area contributed by atoms with Gasteiger partial charge < -0.3 is 30.8 Å². The maximum Gasteiger partial charge on any atom is 0.305 e. The highest BCUT2D eigenvalue weighted by Crippen LogP contribution is 2.05. The van der Waals surface area contributed by atoms with Crippen molar-refractivity contribution in [2.24, 2.45) is 0 Å². The molecule has 0 aliphatic rings. The lowest BCUT2D eigenvalue weighted by molar-refractivity contribution is -0.239. The molecule has 0 bridgehead atoms. The van der Waals surface area contributed by atoms with Crippen LogP contribution in [0, 0.1) is 0 Å². The summed E-state index contributed by atoms with van der Waals surface area (Å²) in [5.41, 5.74) is 0. The molecule has 0 aliphatic heterocycles. The molecule has 0 unspecified atom stereocenters. The molecular weight excluding hydrogens is 210 g/mol. The molecule has 8 nitrogen and oxygen atoms in total. The van der Waals surface area contributed by atoms with Gasteiger partial charge >= 0.3 is 5.97 Å². The fourth-order valence-corrected chi connectivity index (χ4v) is 0.686. The Labute approximate surface area is 84.8 Å². The average Bonchev–Trinajstić information content (AvgIpc) is 2.15. The van der Waals surface area contributed by atoms with Crippen LogP contribution in [0.15, 0.2) is 0 Å². The number of carboxylic acids is 1. The van der Waals surface area contributed by atoms with Gasteiger partial charge in [0.15, 0.2) is 6.10 Å². The van der Waals surface area contributed by atoms with Gasteiger partial charge in [-0.2, -0.15) is 0 Å². The summed E-state index contributed by atoms with van der Waals surface area (Å²) in [6.07, 6.45) is -2.60. The van der Waals surface area contributed by atoms with E-state index in [1.165, 1.54) is 0 Å². The average molecular weight is 223 g/mol. The number of hydrogen-bond acceptors (Lipinski definition) is 6. The molecule has 0 spiro atoms. The first kappa shape index (κ1) is 13.8. The summed E-state index contributed by atoms with van der Waals surface area (Å²) in [5, 5.41) is 45.3. The van der Waals surface area contributed by atoms with Crippen molar-refractivity contribution in [2.75, 3.05) is 13.2 Å². The molecule has 1 amide bonds. The highest BCUT2D eigenvalue weighted by atomic mass is 16.5. The number of rotatable bonds is 6. The van der Waals surface area contributed by atoms with E-state index >= 15 is 0 Å². The molecule has 1 atom stereocenters. The highest BCUT2D eigenvalue weighted by Gasteiger charge is 2.37. The molecule has 0 aromatic carbocycles. The van der Waals surface area contributed by atoms with E-state index in [1.54, 1.807) is 0 Å². The maximum absolute atomic E-state index is 10.9. The van der Waals surface area contributed by atoms with Crippen LogP contribution in [0.4, 0.5) is 0 Å². The second kappa shape index (κ2) is 5.61. The van der Waals surface area contributed by atoms with E-state index in [2.05, 4.69) is 0 Å². The molecule has 0 saturated carbocycles. The summed E-state index contributed by atoms with van der Waals surface area (Å²) < 4.78 is 0. The smallest absolute Gasteiger partial charge is 0.305 e. The summed E-state index contributed by atoms with van der Waals surface area (Å²) in [5.74, 6) is -5.26. The number of carbonyl (C=O) groups is 2. The molecule has 0 rings (SSSR count). The minimum Gasteiger partial charge on any atom is -0.481 e. The normalized spacial score (nSPS) is 13.3. The Morgan fingerprint density at radius 1 is 1.33 bits per heavy atom. The van der Waals surface area contributed by atoms with Gasteiger partial charge in [-0.05, 0) is 0 Å². The number of carboxylic acid groups (broad SMARTS) is 1. The van der Waals surface area contributed by atoms with Gasteiger partial charge in [0, 0.05) is 6.54 Å². The summed E-state index contributed by atoms with van der Waals surface area (Å²) in [4.78, 5) is 21.0. The number of amides is 1. The molecule has 88 valence electrons. The van der Waals surface area contributed by atoms with Crippen molar-refractivity contribution in [3.05, 3.63) is 0 Å². The maximum atomic E-state index is 10.9. The second-order valence-corrected chi connectivity index (χ2v) is 2.87. The minimum atomic E-state index is -2.94. The summed E-state index contributed by atoms with van der Waals surface area (Å²) in [6, 6.07) is 0. The van der Waals surface area contributed by atoms with E-state index in [4.69, 9.17) is 25.5 Å². The number of aliphatic hydroxyl groups is 4. The molecule has 8 heteroatoms. The van der Waals surface area contributed by atoms with Gasteiger partial charge in [0.05, 0.1) is 6.42 Å².